The molecule has 0 radical (unpaired) electrons. The first-order valence-electron chi connectivity index (χ1n) is 9.08. The molecule has 2 unspecified atom stereocenters. The Kier molecular flexibility index (Phi) is 5.07. The molecule has 0 bridgehead atoms. The molecule has 1 saturated heterocycles. The summed E-state index contributed by atoms with van der Waals surface area (Å²) in [5, 5.41) is 5.67. The van der Waals surface area contributed by atoms with E-state index in [1.54, 1.807) is 6.20 Å². The molecule has 3 N–H and O–H groups in total. The minimum absolute atomic E-state index is 0.104. The summed E-state index contributed by atoms with van der Waals surface area (Å²) in [4.78, 5) is 17.3. The van der Waals surface area contributed by atoms with Crippen molar-refractivity contribution in [3.63, 3.8) is 0 Å². The first-order chi connectivity index (χ1) is 13.2. The van der Waals surface area contributed by atoms with Crippen LogP contribution in [-0.4, -0.2) is 23.6 Å². The van der Waals surface area contributed by atoms with Gasteiger partial charge in [-0.3, -0.25) is 15.2 Å². The fourth-order valence-electron chi connectivity index (χ4n) is 3.48. The predicted octanol–water partition coefficient (Wildman–Crippen LogP) is 3.40. The Morgan fingerprint density at radius 1 is 1.22 bits per heavy atom. The molecule has 138 valence electrons. The first-order valence-corrected chi connectivity index (χ1v) is 9.46. The van der Waals surface area contributed by atoms with Crippen LogP contribution in [0.1, 0.15) is 34.5 Å². The van der Waals surface area contributed by atoms with Crippen molar-refractivity contribution in [2.75, 3.05) is 6.54 Å². The molecule has 3 aromatic rings. The van der Waals surface area contributed by atoms with Crippen LogP contribution in [0.5, 0.6) is 0 Å². The smallest absolute Gasteiger partial charge is 0.271 e. The molecule has 6 heteroatoms. The van der Waals surface area contributed by atoms with Gasteiger partial charge in [0.25, 0.3) is 5.91 Å². The Morgan fingerprint density at radius 2 is 2.04 bits per heavy atom. The Bertz CT molecular complexity index is 974. The maximum absolute atomic E-state index is 13.0. The van der Waals surface area contributed by atoms with Gasteiger partial charge in [0.15, 0.2) is 0 Å². The topological polar surface area (TPSA) is 66.0 Å². The molecule has 2 atom stereocenters. The van der Waals surface area contributed by atoms with Crippen LogP contribution in [0.4, 0.5) is 0 Å². The SMILES string of the molecule is CCc1ccc2ccnc(C(=O)NC3NNCC3c3ccc(Cl)cc3)c2c1. The van der Waals surface area contributed by atoms with Gasteiger partial charge in [0.2, 0.25) is 0 Å². The van der Waals surface area contributed by atoms with Crippen molar-refractivity contribution >= 4 is 28.3 Å². The van der Waals surface area contributed by atoms with Crippen molar-refractivity contribution in [2.45, 2.75) is 25.4 Å². The highest BCUT2D eigenvalue weighted by Crippen LogP contribution is 2.24. The normalized spacial score (nSPS) is 19.3. The summed E-state index contributed by atoms with van der Waals surface area (Å²) in [7, 11) is 0. The fourth-order valence-corrected chi connectivity index (χ4v) is 3.61. The minimum atomic E-state index is -0.231. The van der Waals surface area contributed by atoms with E-state index in [2.05, 4.69) is 34.1 Å². The summed E-state index contributed by atoms with van der Waals surface area (Å²) in [6, 6.07) is 15.8. The lowest BCUT2D eigenvalue weighted by atomic mass is 9.97. The van der Waals surface area contributed by atoms with Crippen LogP contribution in [0, 0.1) is 0 Å². The molecule has 5 nitrogen and oxygen atoms in total. The van der Waals surface area contributed by atoms with Gasteiger partial charge in [-0.2, -0.15) is 0 Å². The number of aryl methyl sites for hydroxylation is 1. The Morgan fingerprint density at radius 3 is 2.81 bits per heavy atom. The fraction of sp³-hybridized carbons (Fsp3) is 0.238. The molecule has 0 aliphatic carbocycles. The average Bonchev–Trinajstić information content (AvgIpc) is 3.15. The molecule has 2 aromatic carbocycles. The zero-order valence-corrected chi connectivity index (χ0v) is 15.8. The number of hydrazine groups is 1. The van der Waals surface area contributed by atoms with Gasteiger partial charge in [-0.15, -0.1) is 0 Å². The maximum Gasteiger partial charge on any atom is 0.271 e. The van der Waals surface area contributed by atoms with Crippen molar-refractivity contribution in [1.29, 1.82) is 0 Å². The molecule has 1 aromatic heterocycles. The van der Waals surface area contributed by atoms with Crippen LogP contribution < -0.4 is 16.2 Å². The second kappa shape index (κ2) is 7.64. The summed E-state index contributed by atoms with van der Waals surface area (Å²) < 4.78 is 0. The summed E-state index contributed by atoms with van der Waals surface area (Å²) in [5.41, 5.74) is 9.03. The van der Waals surface area contributed by atoms with E-state index in [-0.39, 0.29) is 18.0 Å². The second-order valence-electron chi connectivity index (χ2n) is 6.70. The molecule has 1 aliphatic heterocycles. The highest BCUT2D eigenvalue weighted by Gasteiger charge is 2.30. The molecule has 1 aliphatic rings. The summed E-state index contributed by atoms with van der Waals surface area (Å²) in [6.45, 7) is 2.82. The first kappa shape index (κ1) is 17.9. The lowest BCUT2D eigenvalue weighted by molar-refractivity contribution is 0.0925. The second-order valence-corrected chi connectivity index (χ2v) is 7.14. The Labute approximate surface area is 163 Å². The number of hydrogen-bond donors (Lipinski definition) is 3. The summed E-state index contributed by atoms with van der Waals surface area (Å²) >= 11 is 5.99. The van der Waals surface area contributed by atoms with Crippen molar-refractivity contribution in [2.24, 2.45) is 0 Å². The van der Waals surface area contributed by atoms with Gasteiger partial charge in [0.1, 0.15) is 11.9 Å². The third-order valence-corrected chi connectivity index (χ3v) is 5.27. The lowest BCUT2D eigenvalue weighted by Crippen LogP contribution is -2.46. The van der Waals surface area contributed by atoms with Crippen molar-refractivity contribution in [3.8, 4) is 0 Å². The van der Waals surface area contributed by atoms with E-state index in [0.29, 0.717) is 10.7 Å². The number of pyridine rings is 1. The summed E-state index contributed by atoms with van der Waals surface area (Å²) in [6.07, 6.45) is 2.36. The number of amides is 1. The van der Waals surface area contributed by atoms with Crippen LogP contribution in [0.3, 0.4) is 0 Å². The van der Waals surface area contributed by atoms with Gasteiger partial charge in [-0.1, -0.05) is 42.8 Å². The number of carbonyl (C=O) groups is 1. The number of rotatable bonds is 4. The van der Waals surface area contributed by atoms with E-state index in [1.165, 1.54) is 5.56 Å². The van der Waals surface area contributed by atoms with E-state index in [9.17, 15) is 4.79 Å². The van der Waals surface area contributed by atoms with Crippen LogP contribution in [0.25, 0.3) is 10.8 Å². The van der Waals surface area contributed by atoms with Gasteiger partial charge in [0, 0.05) is 29.1 Å². The minimum Gasteiger partial charge on any atom is -0.333 e. The Hall–Kier alpha value is -2.47. The van der Waals surface area contributed by atoms with E-state index in [0.717, 1.165) is 29.3 Å². The van der Waals surface area contributed by atoms with E-state index in [4.69, 9.17) is 11.6 Å². The molecular weight excluding hydrogens is 360 g/mol. The van der Waals surface area contributed by atoms with Crippen molar-refractivity contribution in [3.05, 3.63) is 76.6 Å². The number of nitrogens with zero attached hydrogens (tertiary/aromatic N) is 1. The molecule has 2 heterocycles. The lowest BCUT2D eigenvalue weighted by Gasteiger charge is -2.20. The molecule has 1 amide bonds. The number of hydrogen-bond acceptors (Lipinski definition) is 4. The van der Waals surface area contributed by atoms with Crippen LogP contribution in [-0.2, 0) is 6.42 Å². The van der Waals surface area contributed by atoms with Gasteiger partial charge >= 0.3 is 0 Å². The van der Waals surface area contributed by atoms with Gasteiger partial charge in [0.05, 0.1) is 0 Å². The average molecular weight is 381 g/mol. The van der Waals surface area contributed by atoms with Gasteiger partial charge < -0.3 is 5.32 Å². The number of carbonyl (C=O) groups excluding carboxylic acids is 1. The van der Waals surface area contributed by atoms with Crippen LogP contribution in [0.15, 0.2) is 54.7 Å². The third-order valence-electron chi connectivity index (χ3n) is 5.02. The van der Waals surface area contributed by atoms with Crippen molar-refractivity contribution in [1.82, 2.24) is 21.2 Å². The van der Waals surface area contributed by atoms with E-state index >= 15 is 0 Å². The van der Waals surface area contributed by atoms with E-state index < -0.39 is 0 Å². The highest BCUT2D eigenvalue weighted by atomic mass is 35.5. The molecular formula is C21H21ClN4O. The van der Waals surface area contributed by atoms with Gasteiger partial charge in [-0.25, -0.2) is 5.43 Å². The molecule has 27 heavy (non-hydrogen) atoms. The monoisotopic (exact) mass is 380 g/mol. The molecule has 0 saturated carbocycles. The van der Waals surface area contributed by atoms with Crippen LogP contribution in [0.2, 0.25) is 5.02 Å². The van der Waals surface area contributed by atoms with Crippen molar-refractivity contribution < 1.29 is 4.79 Å². The number of fused-ring (bicyclic) bond motifs is 1. The quantitative estimate of drug-likeness (QED) is 0.649. The maximum atomic E-state index is 13.0. The standard InChI is InChI=1S/C21H21ClN4O/c1-2-13-3-4-15-9-10-23-19(17(15)11-13)21(27)25-20-18(12-24-26-20)14-5-7-16(22)8-6-14/h3-11,18,20,24,26H,2,12H2,1H3,(H,25,27). The molecule has 0 spiro atoms. The largest absolute Gasteiger partial charge is 0.333 e. The molecule has 4 rings (SSSR count). The molecule has 1 fully saturated rings. The zero-order valence-electron chi connectivity index (χ0n) is 15.0. The van der Waals surface area contributed by atoms with Gasteiger partial charge in [-0.05, 0) is 47.2 Å². The van der Waals surface area contributed by atoms with E-state index in [1.807, 2.05) is 42.5 Å². The summed E-state index contributed by atoms with van der Waals surface area (Å²) in [5.74, 6) is -0.0820. The Balaban J connectivity index is 1.60. The number of halogens is 1. The highest BCUT2D eigenvalue weighted by molar-refractivity contribution is 6.30. The number of nitrogens with one attached hydrogen (secondary N) is 3. The third kappa shape index (κ3) is 3.67. The number of aromatic nitrogens is 1. The predicted molar refractivity (Wildman–Crippen MR) is 108 cm³/mol. The van der Waals surface area contributed by atoms with Crippen LogP contribution >= 0.6 is 11.6 Å². The zero-order chi connectivity index (χ0) is 18.8. The number of benzene rings is 2.